The van der Waals surface area contributed by atoms with Gasteiger partial charge < -0.3 is 10.3 Å². The number of hydrogen-bond donors (Lipinski definition) is 2. The third-order valence-corrected chi connectivity index (χ3v) is 7.27. The van der Waals surface area contributed by atoms with E-state index in [4.69, 9.17) is 0 Å². The van der Waals surface area contributed by atoms with Crippen molar-refractivity contribution < 1.29 is 13.2 Å². The molecule has 180 valence electrons. The van der Waals surface area contributed by atoms with E-state index in [1.807, 2.05) is 74.5 Å². The number of nitrogens with one attached hydrogen (secondary N) is 2. The van der Waals surface area contributed by atoms with Crippen LogP contribution in [0.15, 0.2) is 95.9 Å². The van der Waals surface area contributed by atoms with Crippen molar-refractivity contribution in [1.82, 2.24) is 4.98 Å². The highest BCUT2D eigenvalue weighted by Crippen LogP contribution is 2.30. The van der Waals surface area contributed by atoms with Crippen molar-refractivity contribution in [3.63, 3.8) is 0 Å². The molecule has 0 unspecified atom stereocenters. The Labute approximate surface area is 210 Å². The molecule has 1 heterocycles. The highest BCUT2D eigenvalue weighted by atomic mass is 32.2. The fourth-order valence-electron chi connectivity index (χ4n) is 4.51. The molecule has 0 saturated heterocycles. The molecule has 0 atom stereocenters. The molecule has 5 aromatic rings. The fourth-order valence-corrected chi connectivity index (χ4v) is 5.16. The number of para-hydroxylation sites is 1. The van der Waals surface area contributed by atoms with Crippen LogP contribution in [-0.4, -0.2) is 25.6 Å². The van der Waals surface area contributed by atoms with Gasteiger partial charge in [-0.25, -0.2) is 8.42 Å². The van der Waals surface area contributed by atoms with Crippen molar-refractivity contribution in [3.8, 4) is 22.4 Å². The molecule has 5 nitrogen and oxygen atoms in total. The minimum Gasteiger partial charge on any atom is -0.355 e. The van der Waals surface area contributed by atoms with Gasteiger partial charge in [0.15, 0.2) is 9.84 Å². The van der Waals surface area contributed by atoms with Gasteiger partial charge in [-0.15, -0.1) is 0 Å². The number of aromatic amines is 1. The monoisotopic (exact) mass is 494 g/mol. The molecule has 36 heavy (non-hydrogen) atoms. The van der Waals surface area contributed by atoms with E-state index in [0.29, 0.717) is 16.8 Å². The average Bonchev–Trinajstić information content (AvgIpc) is 3.27. The normalized spacial score (nSPS) is 11.5. The standard InChI is InChI=1S/C30H26N2O3S/c1-19-13-20(2)15-23(14-19)27-18-25(36(3,34)35)11-12-26(27)30(33)31-24-9-6-8-21(16-24)29-17-22-7-4-5-10-28(22)32-29/h4-18,32H,1-3H3,(H,31,33). The number of aryl methyl sites for hydroxylation is 2. The summed E-state index contributed by atoms with van der Waals surface area (Å²) in [6.07, 6.45) is 1.17. The third kappa shape index (κ3) is 4.81. The molecule has 0 bridgehead atoms. The van der Waals surface area contributed by atoms with Crippen LogP contribution in [0.4, 0.5) is 5.69 Å². The number of amides is 1. The molecule has 0 radical (unpaired) electrons. The second-order valence-corrected chi connectivity index (χ2v) is 11.2. The van der Waals surface area contributed by atoms with E-state index in [-0.39, 0.29) is 10.8 Å². The van der Waals surface area contributed by atoms with E-state index in [9.17, 15) is 13.2 Å². The van der Waals surface area contributed by atoms with Crippen molar-refractivity contribution in [1.29, 1.82) is 0 Å². The molecule has 0 spiro atoms. The van der Waals surface area contributed by atoms with Gasteiger partial charge in [0.05, 0.1) is 4.90 Å². The SMILES string of the molecule is Cc1cc(C)cc(-c2cc(S(C)(=O)=O)ccc2C(=O)Nc2cccc(-c3cc4ccccc4[nH]3)c2)c1. The molecule has 0 aliphatic rings. The summed E-state index contributed by atoms with van der Waals surface area (Å²) in [5.74, 6) is -0.307. The fraction of sp³-hybridized carbons (Fsp3) is 0.100. The number of hydrogen-bond acceptors (Lipinski definition) is 3. The molecule has 5 rings (SSSR count). The summed E-state index contributed by atoms with van der Waals surface area (Å²) in [6.45, 7) is 3.96. The molecule has 4 aromatic carbocycles. The predicted octanol–water partition coefficient (Wildman–Crippen LogP) is 6.77. The number of H-pyrrole nitrogens is 1. The maximum absolute atomic E-state index is 13.5. The zero-order valence-electron chi connectivity index (χ0n) is 20.3. The van der Waals surface area contributed by atoms with E-state index in [0.717, 1.165) is 38.9 Å². The van der Waals surface area contributed by atoms with Crippen molar-refractivity contribution >= 4 is 32.3 Å². The van der Waals surface area contributed by atoms with Crippen molar-refractivity contribution in [3.05, 3.63) is 108 Å². The average molecular weight is 495 g/mol. The maximum Gasteiger partial charge on any atom is 0.256 e. The van der Waals surface area contributed by atoms with Crippen LogP contribution >= 0.6 is 0 Å². The second-order valence-electron chi connectivity index (χ2n) is 9.16. The molecule has 6 heteroatoms. The van der Waals surface area contributed by atoms with Crippen molar-refractivity contribution in [2.75, 3.05) is 11.6 Å². The highest BCUT2D eigenvalue weighted by Gasteiger charge is 2.18. The first-order valence-corrected chi connectivity index (χ1v) is 13.5. The van der Waals surface area contributed by atoms with Crippen LogP contribution < -0.4 is 5.32 Å². The second kappa shape index (κ2) is 9.13. The van der Waals surface area contributed by atoms with Crippen LogP contribution in [0.5, 0.6) is 0 Å². The van der Waals surface area contributed by atoms with Gasteiger partial charge in [-0.2, -0.15) is 0 Å². The molecule has 2 N–H and O–H groups in total. The van der Waals surface area contributed by atoms with Crippen molar-refractivity contribution in [2.24, 2.45) is 0 Å². The summed E-state index contributed by atoms with van der Waals surface area (Å²) >= 11 is 0. The van der Waals surface area contributed by atoms with Gasteiger partial charge in [0.2, 0.25) is 0 Å². The smallest absolute Gasteiger partial charge is 0.256 e. The number of fused-ring (bicyclic) bond motifs is 1. The minimum absolute atomic E-state index is 0.175. The lowest BCUT2D eigenvalue weighted by Crippen LogP contribution is -2.14. The lowest BCUT2D eigenvalue weighted by atomic mass is 9.96. The van der Waals surface area contributed by atoms with Gasteiger partial charge in [-0.3, -0.25) is 4.79 Å². The lowest BCUT2D eigenvalue weighted by Gasteiger charge is -2.14. The number of carbonyl (C=O) groups is 1. The topological polar surface area (TPSA) is 79.0 Å². The van der Waals surface area contributed by atoms with Crippen LogP contribution in [0.3, 0.4) is 0 Å². The molecule has 0 aliphatic carbocycles. The summed E-state index contributed by atoms with van der Waals surface area (Å²) in [5, 5.41) is 4.11. The molecule has 0 saturated carbocycles. The number of sulfone groups is 1. The van der Waals surface area contributed by atoms with E-state index >= 15 is 0 Å². The summed E-state index contributed by atoms with van der Waals surface area (Å²) in [5.41, 5.74) is 7.46. The largest absolute Gasteiger partial charge is 0.355 e. The maximum atomic E-state index is 13.5. The minimum atomic E-state index is -3.44. The Balaban J connectivity index is 1.52. The first-order valence-electron chi connectivity index (χ1n) is 11.6. The zero-order valence-corrected chi connectivity index (χ0v) is 21.1. The predicted molar refractivity (Wildman–Crippen MR) is 146 cm³/mol. The number of benzene rings is 4. The highest BCUT2D eigenvalue weighted by molar-refractivity contribution is 7.90. The van der Waals surface area contributed by atoms with Gasteiger partial charge in [-0.1, -0.05) is 59.7 Å². The van der Waals surface area contributed by atoms with E-state index in [1.54, 1.807) is 12.1 Å². The Bertz CT molecular complexity index is 1680. The number of anilines is 1. The zero-order chi connectivity index (χ0) is 25.4. The number of carbonyl (C=O) groups excluding carboxylic acids is 1. The van der Waals surface area contributed by atoms with E-state index < -0.39 is 9.84 Å². The van der Waals surface area contributed by atoms with Crippen LogP contribution in [0, 0.1) is 13.8 Å². The first kappa shape index (κ1) is 23.6. The number of rotatable bonds is 5. The van der Waals surface area contributed by atoms with Gasteiger partial charge in [-0.05, 0) is 67.4 Å². The van der Waals surface area contributed by atoms with Crippen LogP contribution in [0.25, 0.3) is 33.3 Å². The molecular weight excluding hydrogens is 468 g/mol. The van der Waals surface area contributed by atoms with Gasteiger partial charge in [0, 0.05) is 39.7 Å². The first-order chi connectivity index (χ1) is 17.2. The van der Waals surface area contributed by atoms with Gasteiger partial charge in [0.1, 0.15) is 0 Å². The summed E-state index contributed by atoms with van der Waals surface area (Å²) in [7, 11) is -3.44. The Hall–Kier alpha value is -4.16. The van der Waals surface area contributed by atoms with Crippen LogP contribution in [-0.2, 0) is 9.84 Å². The Kier molecular flexibility index (Phi) is 5.98. The summed E-state index contributed by atoms with van der Waals surface area (Å²) in [6, 6.07) is 28.4. The molecule has 1 aromatic heterocycles. The summed E-state index contributed by atoms with van der Waals surface area (Å²) < 4.78 is 24.5. The van der Waals surface area contributed by atoms with E-state index in [1.165, 1.54) is 12.3 Å². The molecule has 1 amide bonds. The van der Waals surface area contributed by atoms with Gasteiger partial charge >= 0.3 is 0 Å². The molecular formula is C30H26N2O3S. The lowest BCUT2D eigenvalue weighted by molar-refractivity contribution is 0.102. The van der Waals surface area contributed by atoms with Gasteiger partial charge in [0.25, 0.3) is 5.91 Å². The Morgan fingerprint density at radius 3 is 2.25 bits per heavy atom. The third-order valence-electron chi connectivity index (χ3n) is 6.16. The Morgan fingerprint density at radius 2 is 1.53 bits per heavy atom. The molecule has 0 fully saturated rings. The summed E-state index contributed by atoms with van der Waals surface area (Å²) in [4.78, 5) is 17.1. The van der Waals surface area contributed by atoms with Crippen LogP contribution in [0.1, 0.15) is 21.5 Å². The van der Waals surface area contributed by atoms with Crippen LogP contribution in [0.2, 0.25) is 0 Å². The van der Waals surface area contributed by atoms with Crippen molar-refractivity contribution in [2.45, 2.75) is 18.7 Å². The number of aromatic nitrogens is 1. The Morgan fingerprint density at radius 1 is 0.778 bits per heavy atom. The molecule has 0 aliphatic heterocycles. The van der Waals surface area contributed by atoms with E-state index in [2.05, 4.69) is 22.4 Å². The quantitative estimate of drug-likeness (QED) is 0.283.